The Morgan fingerprint density at radius 2 is 1.33 bits per heavy atom. The monoisotopic (exact) mass is 233 g/mol. The molecule has 0 aliphatic rings. The van der Waals surface area contributed by atoms with Gasteiger partial charge in [0, 0.05) is 16.8 Å². The lowest BCUT2D eigenvalue weighted by molar-refractivity contribution is 1.47. The second-order valence-corrected chi connectivity index (χ2v) is 4.22. The zero-order valence-electron chi connectivity index (χ0n) is 10.6. The van der Waals surface area contributed by atoms with Gasteiger partial charge in [0.1, 0.15) is 0 Å². The third-order valence-electron chi connectivity index (χ3n) is 2.34. The minimum absolute atomic E-state index is 0.972. The fourth-order valence-corrected chi connectivity index (χ4v) is 1.54. The van der Waals surface area contributed by atoms with E-state index in [-0.39, 0.29) is 0 Å². The Morgan fingerprint density at radius 1 is 0.778 bits per heavy atom. The molecular formula is C17H15N. The highest BCUT2D eigenvalue weighted by atomic mass is 14.7. The Hall–Kier alpha value is -2.33. The predicted molar refractivity (Wildman–Crippen MR) is 77.3 cm³/mol. The average Bonchev–Trinajstić information content (AvgIpc) is 2.38. The average molecular weight is 233 g/mol. The normalized spacial score (nSPS) is 9.22. The molecule has 18 heavy (non-hydrogen) atoms. The third-order valence-corrected chi connectivity index (χ3v) is 2.34. The van der Waals surface area contributed by atoms with Crippen molar-refractivity contribution in [2.45, 2.75) is 13.8 Å². The largest absolute Gasteiger partial charge is 0.258 e. The maximum absolute atomic E-state index is 4.39. The Balaban J connectivity index is 2.17. The second-order valence-electron chi connectivity index (χ2n) is 4.22. The van der Waals surface area contributed by atoms with Crippen LogP contribution in [-0.4, -0.2) is 5.71 Å². The Bertz CT molecular complexity index is 592. The summed E-state index contributed by atoms with van der Waals surface area (Å²) in [6, 6.07) is 18.0. The van der Waals surface area contributed by atoms with E-state index < -0.39 is 0 Å². The molecule has 0 aliphatic heterocycles. The highest BCUT2D eigenvalue weighted by Crippen LogP contribution is 2.12. The summed E-state index contributed by atoms with van der Waals surface area (Å²) in [7, 11) is 0. The van der Waals surface area contributed by atoms with Gasteiger partial charge in [-0.25, -0.2) is 0 Å². The van der Waals surface area contributed by atoms with Gasteiger partial charge in [-0.2, -0.15) is 0 Å². The van der Waals surface area contributed by atoms with Crippen molar-refractivity contribution in [2.24, 2.45) is 4.99 Å². The van der Waals surface area contributed by atoms with Crippen LogP contribution in [0.25, 0.3) is 0 Å². The van der Waals surface area contributed by atoms with Gasteiger partial charge in [-0.3, -0.25) is 4.99 Å². The molecule has 0 aliphatic carbocycles. The molecule has 2 aromatic rings. The number of nitrogens with zero attached hydrogens (tertiary/aromatic N) is 1. The summed E-state index contributed by atoms with van der Waals surface area (Å²) in [5.41, 5.74) is 4.06. The van der Waals surface area contributed by atoms with Crippen LogP contribution in [0.1, 0.15) is 25.0 Å². The maximum Gasteiger partial charge on any atom is 0.0629 e. The van der Waals surface area contributed by atoms with Crippen LogP contribution >= 0.6 is 0 Å². The highest BCUT2D eigenvalue weighted by Gasteiger charge is 1.90. The van der Waals surface area contributed by atoms with E-state index in [1.807, 2.05) is 68.4 Å². The number of rotatable bonds is 1. The van der Waals surface area contributed by atoms with Crippen molar-refractivity contribution in [2.75, 3.05) is 0 Å². The number of hydrogen-bond donors (Lipinski definition) is 0. The molecule has 88 valence electrons. The molecule has 0 saturated carbocycles. The first kappa shape index (κ1) is 12.1. The number of hydrogen-bond acceptors (Lipinski definition) is 1. The van der Waals surface area contributed by atoms with E-state index in [1.54, 1.807) is 0 Å². The van der Waals surface area contributed by atoms with Crippen LogP contribution in [0.15, 0.2) is 59.6 Å². The summed E-state index contributed by atoms with van der Waals surface area (Å²) in [6.45, 7) is 3.98. The molecule has 1 nitrogen and oxygen atoms in total. The standard InChI is InChI=1S/C17H15N/c1-14(2)18-17-12-10-16(11-13-17)9-8-15-6-4-3-5-7-15/h3-7,10-13H,1-2H3. The molecule has 0 N–H and O–H groups in total. The van der Waals surface area contributed by atoms with E-state index in [0.717, 1.165) is 22.5 Å². The van der Waals surface area contributed by atoms with Crippen molar-refractivity contribution < 1.29 is 0 Å². The van der Waals surface area contributed by atoms with Crippen LogP contribution in [0.5, 0.6) is 0 Å². The van der Waals surface area contributed by atoms with Crippen molar-refractivity contribution in [3.63, 3.8) is 0 Å². The lowest BCUT2D eigenvalue weighted by Gasteiger charge is -1.95. The molecule has 0 atom stereocenters. The molecule has 0 radical (unpaired) electrons. The Kier molecular flexibility index (Phi) is 3.94. The molecule has 0 amide bonds. The minimum Gasteiger partial charge on any atom is -0.258 e. The highest BCUT2D eigenvalue weighted by molar-refractivity contribution is 5.82. The van der Waals surface area contributed by atoms with Crippen molar-refractivity contribution >= 4 is 11.4 Å². The van der Waals surface area contributed by atoms with Crippen LogP contribution in [0.4, 0.5) is 5.69 Å². The third kappa shape index (κ3) is 3.61. The first-order valence-electron chi connectivity index (χ1n) is 5.93. The van der Waals surface area contributed by atoms with E-state index >= 15 is 0 Å². The van der Waals surface area contributed by atoms with Gasteiger partial charge in [0.15, 0.2) is 0 Å². The van der Waals surface area contributed by atoms with Gasteiger partial charge < -0.3 is 0 Å². The minimum atomic E-state index is 0.972. The summed E-state index contributed by atoms with van der Waals surface area (Å²) in [5, 5.41) is 0. The molecule has 2 aromatic carbocycles. The number of aliphatic imine (C=N–C) groups is 1. The second kappa shape index (κ2) is 5.84. The van der Waals surface area contributed by atoms with Crippen LogP contribution < -0.4 is 0 Å². The van der Waals surface area contributed by atoms with E-state index in [2.05, 4.69) is 16.8 Å². The Morgan fingerprint density at radius 3 is 1.89 bits per heavy atom. The van der Waals surface area contributed by atoms with Gasteiger partial charge in [-0.1, -0.05) is 30.0 Å². The molecule has 0 heterocycles. The lowest BCUT2D eigenvalue weighted by Crippen LogP contribution is -1.79. The zero-order chi connectivity index (χ0) is 12.8. The number of benzene rings is 2. The molecule has 0 unspecified atom stereocenters. The van der Waals surface area contributed by atoms with Gasteiger partial charge in [-0.05, 0) is 50.2 Å². The van der Waals surface area contributed by atoms with Crippen molar-refractivity contribution in [1.29, 1.82) is 0 Å². The van der Waals surface area contributed by atoms with E-state index in [9.17, 15) is 0 Å². The van der Waals surface area contributed by atoms with E-state index in [0.29, 0.717) is 0 Å². The molecule has 2 rings (SSSR count). The molecule has 0 spiro atoms. The molecular weight excluding hydrogens is 218 g/mol. The van der Waals surface area contributed by atoms with Gasteiger partial charge in [0.25, 0.3) is 0 Å². The van der Waals surface area contributed by atoms with Gasteiger partial charge in [0.2, 0.25) is 0 Å². The van der Waals surface area contributed by atoms with Gasteiger partial charge in [0.05, 0.1) is 5.69 Å². The summed E-state index contributed by atoms with van der Waals surface area (Å²) < 4.78 is 0. The summed E-state index contributed by atoms with van der Waals surface area (Å²) in [5.74, 6) is 6.28. The van der Waals surface area contributed by atoms with Gasteiger partial charge in [-0.15, -0.1) is 0 Å². The van der Waals surface area contributed by atoms with Crippen molar-refractivity contribution in [3.8, 4) is 11.8 Å². The smallest absolute Gasteiger partial charge is 0.0629 e. The summed E-state index contributed by atoms with van der Waals surface area (Å²) in [6.07, 6.45) is 0. The maximum atomic E-state index is 4.39. The quantitative estimate of drug-likeness (QED) is 0.517. The molecule has 0 bridgehead atoms. The fraction of sp³-hybridized carbons (Fsp3) is 0.118. The molecule has 1 heteroatoms. The van der Waals surface area contributed by atoms with Gasteiger partial charge >= 0.3 is 0 Å². The summed E-state index contributed by atoms with van der Waals surface area (Å²) in [4.78, 5) is 4.39. The molecule has 0 fully saturated rings. The SMILES string of the molecule is CC(C)=Nc1ccc(C#Cc2ccccc2)cc1. The van der Waals surface area contributed by atoms with Crippen LogP contribution in [0, 0.1) is 11.8 Å². The first-order valence-corrected chi connectivity index (χ1v) is 5.93. The lowest BCUT2D eigenvalue weighted by atomic mass is 10.2. The topological polar surface area (TPSA) is 12.4 Å². The van der Waals surface area contributed by atoms with Crippen molar-refractivity contribution in [3.05, 3.63) is 65.7 Å². The van der Waals surface area contributed by atoms with Crippen molar-refractivity contribution in [1.82, 2.24) is 0 Å². The van der Waals surface area contributed by atoms with E-state index in [4.69, 9.17) is 0 Å². The van der Waals surface area contributed by atoms with Crippen LogP contribution in [-0.2, 0) is 0 Å². The van der Waals surface area contributed by atoms with Crippen LogP contribution in [0.2, 0.25) is 0 Å². The zero-order valence-corrected chi connectivity index (χ0v) is 10.6. The predicted octanol–water partition coefficient (Wildman–Crippen LogP) is 4.20. The van der Waals surface area contributed by atoms with E-state index in [1.165, 1.54) is 0 Å². The van der Waals surface area contributed by atoms with Crippen LogP contribution in [0.3, 0.4) is 0 Å². The first-order chi connectivity index (χ1) is 8.74. The molecule has 0 saturated heterocycles. The molecule has 0 aromatic heterocycles. The summed E-state index contributed by atoms with van der Waals surface area (Å²) >= 11 is 0. The Labute approximate surface area is 108 Å². The fourth-order valence-electron chi connectivity index (χ4n) is 1.54.